The van der Waals surface area contributed by atoms with Gasteiger partial charge in [0.1, 0.15) is 5.01 Å². The van der Waals surface area contributed by atoms with E-state index in [-0.39, 0.29) is 6.04 Å². The van der Waals surface area contributed by atoms with Crippen LogP contribution in [0.1, 0.15) is 39.3 Å². The van der Waals surface area contributed by atoms with E-state index in [0.717, 1.165) is 15.9 Å². The third-order valence-corrected chi connectivity index (χ3v) is 6.25. The predicted molar refractivity (Wildman–Crippen MR) is 76.8 cm³/mol. The number of fused-ring (bicyclic) bond motifs is 1. The van der Waals surface area contributed by atoms with E-state index in [1.165, 1.54) is 34.7 Å². The Balaban J connectivity index is 1.94. The molecule has 0 fully saturated rings. The molecule has 0 saturated heterocycles. The highest BCUT2D eigenvalue weighted by Gasteiger charge is 2.21. The molecule has 17 heavy (non-hydrogen) atoms. The lowest BCUT2D eigenvalue weighted by Crippen LogP contribution is -2.10. The number of rotatable bonds is 2. The Bertz CT molecular complexity index is 509. The van der Waals surface area contributed by atoms with E-state index in [1.54, 1.807) is 22.7 Å². The van der Waals surface area contributed by atoms with E-state index in [9.17, 15) is 0 Å². The normalized spacial score (nSPS) is 16.8. The lowest BCUT2D eigenvalue weighted by molar-refractivity contribution is 0.679. The molecule has 0 aliphatic heterocycles. The van der Waals surface area contributed by atoms with Gasteiger partial charge in [-0.25, -0.2) is 4.98 Å². The maximum Gasteiger partial charge on any atom is 0.115 e. The molecule has 1 unspecified atom stereocenters. The standard InChI is InChI=1S/C12H13BrN2S2/c13-7-5-6-16-11(7)10(14)12-15-8-3-1-2-4-9(8)17-12/h5-6,10H,1-4,14H2. The molecule has 2 heterocycles. The van der Waals surface area contributed by atoms with Crippen molar-refractivity contribution in [3.8, 4) is 0 Å². The molecule has 5 heteroatoms. The van der Waals surface area contributed by atoms with Crippen molar-refractivity contribution >= 4 is 38.6 Å². The summed E-state index contributed by atoms with van der Waals surface area (Å²) in [6.07, 6.45) is 4.89. The van der Waals surface area contributed by atoms with Gasteiger partial charge in [0, 0.05) is 14.2 Å². The van der Waals surface area contributed by atoms with Gasteiger partial charge in [-0.05, 0) is 53.1 Å². The van der Waals surface area contributed by atoms with Crippen molar-refractivity contribution in [2.24, 2.45) is 5.73 Å². The first kappa shape index (κ1) is 11.8. The summed E-state index contributed by atoms with van der Waals surface area (Å²) in [5.41, 5.74) is 7.59. The molecule has 0 spiro atoms. The summed E-state index contributed by atoms with van der Waals surface area (Å²) in [7, 11) is 0. The third-order valence-electron chi connectivity index (χ3n) is 3.06. The first-order valence-corrected chi connectivity index (χ1v) is 8.21. The SMILES string of the molecule is NC(c1nc2c(s1)CCCC2)c1sccc1Br. The van der Waals surface area contributed by atoms with E-state index >= 15 is 0 Å². The molecule has 3 rings (SSSR count). The van der Waals surface area contributed by atoms with Crippen LogP contribution in [0.3, 0.4) is 0 Å². The summed E-state index contributed by atoms with van der Waals surface area (Å²) in [6.45, 7) is 0. The van der Waals surface area contributed by atoms with Crippen LogP contribution in [0.15, 0.2) is 15.9 Å². The number of nitrogens with two attached hydrogens (primary N) is 1. The molecule has 0 aromatic carbocycles. The summed E-state index contributed by atoms with van der Waals surface area (Å²) in [5.74, 6) is 0. The van der Waals surface area contributed by atoms with Crippen molar-refractivity contribution in [2.75, 3.05) is 0 Å². The van der Waals surface area contributed by atoms with Crippen molar-refractivity contribution < 1.29 is 0 Å². The molecule has 0 amide bonds. The molecule has 2 aromatic heterocycles. The third kappa shape index (κ3) is 2.21. The number of aryl methyl sites for hydroxylation is 2. The molecule has 2 N–H and O–H groups in total. The second kappa shape index (κ2) is 4.80. The molecule has 1 aliphatic rings. The van der Waals surface area contributed by atoms with Crippen LogP contribution < -0.4 is 5.73 Å². The average molecular weight is 329 g/mol. The van der Waals surface area contributed by atoms with Crippen molar-refractivity contribution in [2.45, 2.75) is 31.7 Å². The molecular formula is C12H13BrN2S2. The van der Waals surface area contributed by atoms with Gasteiger partial charge >= 0.3 is 0 Å². The molecule has 0 radical (unpaired) electrons. The van der Waals surface area contributed by atoms with Gasteiger partial charge in [0.05, 0.1) is 11.7 Å². The topological polar surface area (TPSA) is 38.9 Å². The zero-order valence-electron chi connectivity index (χ0n) is 9.28. The predicted octanol–water partition coefficient (Wildman–Crippen LogP) is 3.89. The minimum absolute atomic E-state index is 0.0695. The molecule has 0 saturated carbocycles. The van der Waals surface area contributed by atoms with Gasteiger partial charge in [0.2, 0.25) is 0 Å². The Morgan fingerprint density at radius 1 is 1.35 bits per heavy atom. The van der Waals surface area contributed by atoms with Crippen LogP contribution in [-0.4, -0.2) is 4.98 Å². The molecular weight excluding hydrogens is 316 g/mol. The van der Waals surface area contributed by atoms with Gasteiger partial charge < -0.3 is 5.73 Å². The Morgan fingerprint density at radius 2 is 2.18 bits per heavy atom. The zero-order chi connectivity index (χ0) is 11.8. The minimum atomic E-state index is -0.0695. The summed E-state index contributed by atoms with van der Waals surface area (Å²) in [4.78, 5) is 7.36. The van der Waals surface area contributed by atoms with Crippen LogP contribution in [0.5, 0.6) is 0 Å². The highest BCUT2D eigenvalue weighted by atomic mass is 79.9. The molecule has 0 bridgehead atoms. The largest absolute Gasteiger partial charge is 0.318 e. The van der Waals surface area contributed by atoms with Crippen molar-refractivity contribution in [1.82, 2.24) is 4.98 Å². The number of aromatic nitrogens is 1. The van der Waals surface area contributed by atoms with E-state index in [4.69, 9.17) is 10.7 Å². The van der Waals surface area contributed by atoms with Gasteiger partial charge in [-0.1, -0.05) is 0 Å². The maximum absolute atomic E-state index is 6.30. The molecule has 1 aliphatic carbocycles. The van der Waals surface area contributed by atoms with Crippen LogP contribution >= 0.6 is 38.6 Å². The minimum Gasteiger partial charge on any atom is -0.318 e. The van der Waals surface area contributed by atoms with Gasteiger partial charge in [-0.15, -0.1) is 22.7 Å². The summed E-state index contributed by atoms with van der Waals surface area (Å²) >= 11 is 7.04. The maximum atomic E-state index is 6.30. The van der Waals surface area contributed by atoms with Crippen LogP contribution in [0.25, 0.3) is 0 Å². The first-order chi connectivity index (χ1) is 8.25. The van der Waals surface area contributed by atoms with E-state index in [2.05, 4.69) is 21.3 Å². The number of nitrogens with zero attached hydrogens (tertiary/aromatic N) is 1. The molecule has 90 valence electrons. The van der Waals surface area contributed by atoms with Crippen molar-refractivity contribution in [3.05, 3.63) is 36.4 Å². The monoisotopic (exact) mass is 328 g/mol. The quantitative estimate of drug-likeness (QED) is 0.908. The number of thiophene rings is 1. The fourth-order valence-electron chi connectivity index (χ4n) is 2.14. The van der Waals surface area contributed by atoms with Gasteiger partial charge in [-0.2, -0.15) is 0 Å². The fraction of sp³-hybridized carbons (Fsp3) is 0.417. The van der Waals surface area contributed by atoms with Gasteiger partial charge in [0.15, 0.2) is 0 Å². The second-order valence-electron chi connectivity index (χ2n) is 4.24. The summed E-state index contributed by atoms with van der Waals surface area (Å²) in [6, 6.07) is 1.98. The number of hydrogen-bond acceptors (Lipinski definition) is 4. The Kier molecular flexibility index (Phi) is 3.34. The Labute approximate surface area is 117 Å². The zero-order valence-corrected chi connectivity index (χ0v) is 12.5. The molecule has 1 atom stereocenters. The summed E-state index contributed by atoms with van der Waals surface area (Å²) < 4.78 is 1.10. The smallest absolute Gasteiger partial charge is 0.115 e. The first-order valence-electron chi connectivity index (χ1n) is 5.72. The number of halogens is 1. The van der Waals surface area contributed by atoms with Crippen molar-refractivity contribution in [1.29, 1.82) is 0 Å². The number of hydrogen-bond donors (Lipinski definition) is 1. The van der Waals surface area contributed by atoms with Crippen molar-refractivity contribution in [3.63, 3.8) is 0 Å². The average Bonchev–Trinajstić information content (AvgIpc) is 2.93. The van der Waals surface area contributed by atoms with Gasteiger partial charge in [-0.3, -0.25) is 0 Å². The van der Waals surface area contributed by atoms with Crippen LogP contribution in [0, 0.1) is 0 Å². The Morgan fingerprint density at radius 3 is 2.88 bits per heavy atom. The van der Waals surface area contributed by atoms with E-state index in [1.807, 2.05) is 6.07 Å². The van der Waals surface area contributed by atoms with E-state index < -0.39 is 0 Å². The molecule has 2 aromatic rings. The fourth-order valence-corrected chi connectivity index (χ4v) is 5.01. The Hall–Kier alpha value is -0.230. The van der Waals surface area contributed by atoms with Crippen LogP contribution in [0.2, 0.25) is 0 Å². The lowest BCUT2D eigenvalue weighted by Gasteiger charge is -2.07. The number of thiazole rings is 1. The van der Waals surface area contributed by atoms with Crippen LogP contribution in [-0.2, 0) is 12.8 Å². The summed E-state index contributed by atoms with van der Waals surface area (Å²) in [5, 5.41) is 3.13. The van der Waals surface area contributed by atoms with E-state index in [0.29, 0.717) is 0 Å². The lowest BCUT2D eigenvalue weighted by atomic mass is 10.0. The molecule has 2 nitrogen and oxygen atoms in total. The highest BCUT2D eigenvalue weighted by Crippen LogP contribution is 2.35. The second-order valence-corrected chi connectivity index (χ2v) is 7.16. The van der Waals surface area contributed by atoms with Crippen LogP contribution in [0.4, 0.5) is 0 Å². The van der Waals surface area contributed by atoms with Gasteiger partial charge in [0.25, 0.3) is 0 Å². The highest BCUT2D eigenvalue weighted by molar-refractivity contribution is 9.10.